The third-order valence-electron chi connectivity index (χ3n) is 3.79. The molecule has 0 saturated heterocycles. The molecule has 2 aromatic carbocycles. The van der Waals surface area contributed by atoms with Crippen LogP contribution in [0.25, 0.3) is 21.8 Å². The van der Waals surface area contributed by atoms with Gasteiger partial charge in [-0.2, -0.15) is 15.5 Å². The molecule has 0 spiro atoms. The first-order valence-corrected chi connectivity index (χ1v) is 9.33. The number of benzene rings is 2. The highest BCUT2D eigenvalue weighted by atomic mass is 79.9. The summed E-state index contributed by atoms with van der Waals surface area (Å²) in [6.45, 7) is 0. The van der Waals surface area contributed by atoms with Crippen molar-refractivity contribution in [2.45, 2.75) is 0 Å². The fraction of sp³-hybridized carbons (Fsp3) is 0.111. The number of nitriles is 1. The molecular formula is C18H14Br2N6O. The molecule has 0 saturated carbocycles. The van der Waals surface area contributed by atoms with E-state index in [-0.39, 0.29) is 0 Å². The fourth-order valence-corrected chi connectivity index (χ4v) is 3.71. The fourth-order valence-electron chi connectivity index (χ4n) is 2.61. The third-order valence-corrected chi connectivity index (χ3v) is 5.10. The molecule has 2 aromatic heterocycles. The van der Waals surface area contributed by atoms with Crippen molar-refractivity contribution in [3.63, 3.8) is 0 Å². The Kier molecular flexibility index (Phi) is 5.30. The molecule has 0 bridgehead atoms. The lowest BCUT2D eigenvalue weighted by Gasteiger charge is -1.97. The van der Waals surface area contributed by atoms with E-state index < -0.39 is 5.91 Å². The Balaban J connectivity index is 0.000000156. The number of fused-ring (bicyclic) bond motifs is 2. The Morgan fingerprint density at radius 2 is 1.52 bits per heavy atom. The van der Waals surface area contributed by atoms with Crippen LogP contribution in [0, 0.1) is 11.3 Å². The quantitative estimate of drug-likeness (QED) is 0.440. The van der Waals surface area contributed by atoms with Gasteiger partial charge in [-0.3, -0.25) is 14.2 Å². The number of amides is 1. The van der Waals surface area contributed by atoms with Crippen molar-refractivity contribution in [2.75, 3.05) is 0 Å². The summed E-state index contributed by atoms with van der Waals surface area (Å²) in [5.74, 6) is -0.446. The number of carbonyl (C=O) groups excluding carboxylic acids is 1. The Hall–Kier alpha value is -2.70. The molecule has 4 aromatic rings. The second-order valence-corrected chi connectivity index (χ2v) is 7.57. The number of aromatic nitrogens is 4. The Labute approximate surface area is 171 Å². The number of hydrogen-bond donors (Lipinski definition) is 1. The monoisotopic (exact) mass is 488 g/mol. The molecule has 0 aliphatic carbocycles. The Morgan fingerprint density at radius 3 is 2.04 bits per heavy atom. The Bertz CT molecular complexity index is 1220. The van der Waals surface area contributed by atoms with E-state index in [0.29, 0.717) is 11.1 Å². The first-order chi connectivity index (χ1) is 12.8. The van der Waals surface area contributed by atoms with Gasteiger partial charge in [0.05, 0.1) is 22.7 Å². The molecule has 0 atom stereocenters. The van der Waals surface area contributed by atoms with E-state index in [0.717, 1.165) is 30.8 Å². The van der Waals surface area contributed by atoms with Crippen LogP contribution in [0.4, 0.5) is 0 Å². The van der Waals surface area contributed by atoms with E-state index in [1.54, 1.807) is 33.6 Å². The molecule has 0 fully saturated rings. The summed E-state index contributed by atoms with van der Waals surface area (Å²) >= 11 is 6.77. The molecule has 136 valence electrons. The lowest BCUT2D eigenvalue weighted by Crippen LogP contribution is -2.10. The van der Waals surface area contributed by atoms with Gasteiger partial charge in [0.15, 0.2) is 0 Å². The average Bonchev–Trinajstić information content (AvgIpc) is 3.17. The maximum Gasteiger partial charge on any atom is 0.248 e. The van der Waals surface area contributed by atoms with Crippen LogP contribution in [-0.2, 0) is 14.1 Å². The zero-order valence-electron chi connectivity index (χ0n) is 14.4. The van der Waals surface area contributed by atoms with E-state index >= 15 is 0 Å². The molecule has 2 N–H and O–H groups in total. The van der Waals surface area contributed by atoms with E-state index in [1.165, 1.54) is 0 Å². The molecule has 0 aliphatic heterocycles. The van der Waals surface area contributed by atoms with Crippen LogP contribution in [0.15, 0.2) is 45.6 Å². The number of carbonyl (C=O) groups is 1. The van der Waals surface area contributed by atoms with Gasteiger partial charge in [-0.15, -0.1) is 0 Å². The molecule has 9 heteroatoms. The number of rotatable bonds is 1. The average molecular weight is 490 g/mol. The van der Waals surface area contributed by atoms with Crippen molar-refractivity contribution in [1.29, 1.82) is 5.26 Å². The van der Waals surface area contributed by atoms with Gasteiger partial charge in [0.2, 0.25) is 5.91 Å². The SMILES string of the molecule is Cn1cc2c(Br)cc(C#N)cc2n1.Cn1cc2c(Br)cc(C(N)=O)cc2n1. The molecule has 4 rings (SSSR count). The normalized spacial score (nSPS) is 10.5. The van der Waals surface area contributed by atoms with Crippen molar-refractivity contribution in [1.82, 2.24) is 19.6 Å². The van der Waals surface area contributed by atoms with Gasteiger partial charge >= 0.3 is 0 Å². The van der Waals surface area contributed by atoms with Crippen molar-refractivity contribution < 1.29 is 4.79 Å². The van der Waals surface area contributed by atoms with Gasteiger partial charge in [0, 0.05) is 51.8 Å². The van der Waals surface area contributed by atoms with Crippen LogP contribution < -0.4 is 5.73 Å². The van der Waals surface area contributed by atoms with Gasteiger partial charge in [-0.05, 0) is 40.2 Å². The molecular weight excluding hydrogens is 476 g/mol. The van der Waals surface area contributed by atoms with Crippen LogP contribution in [0.3, 0.4) is 0 Å². The third kappa shape index (κ3) is 4.02. The lowest BCUT2D eigenvalue weighted by atomic mass is 10.1. The zero-order valence-corrected chi connectivity index (χ0v) is 17.6. The summed E-state index contributed by atoms with van der Waals surface area (Å²) in [4.78, 5) is 11.0. The van der Waals surface area contributed by atoms with Crippen molar-refractivity contribution in [2.24, 2.45) is 19.8 Å². The number of nitrogens with two attached hydrogens (primary N) is 1. The van der Waals surface area contributed by atoms with Gasteiger partial charge in [-0.25, -0.2) is 0 Å². The maximum absolute atomic E-state index is 11.0. The minimum Gasteiger partial charge on any atom is -0.366 e. The van der Waals surface area contributed by atoms with Crippen LogP contribution in [0.2, 0.25) is 0 Å². The molecule has 2 heterocycles. The van der Waals surface area contributed by atoms with Gasteiger partial charge in [0.1, 0.15) is 0 Å². The van der Waals surface area contributed by atoms with Gasteiger partial charge in [-0.1, -0.05) is 15.9 Å². The summed E-state index contributed by atoms with van der Waals surface area (Å²) < 4.78 is 5.17. The standard InChI is InChI=1S/C9H8BrN3O.C9H6BrN3/c1-13-4-6-7(10)2-5(9(11)14)3-8(6)12-13;1-13-5-7-8(10)2-6(4-11)3-9(7)12-13/h2-4H,1H3,(H2,11,14);2-3,5H,1H3. The molecule has 7 nitrogen and oxygen atoms in total. The van der Waals surface area contributed by atoms with Gasteiger partial charge in [0.25, 0.3) is 0 Å². The van der Waals surface area contributed by atoms with Crippen molar-refractivity contribution in [3.8, 4) is 6.07 Å². The number of halogens is 2. The largest absolute Gasteiger partial charge is 0.366 e. The molecule has 27 heavy (non-hydrogen) atoms. The summed E-state index contributed by atoms with van der Waals surface area (Å²) in [7, 11) is 3.69. The van der Waals surface area contributed by atoms with E-state index in [4.69, 9.17) is 11.0 Å². The number of nitrogens with zero attached hydrogens (tertiary/aromatic N) is 5. The Morgan fingerprint density at radius 1 is 1.00 bits per heavy atom. The topological polar surface area (TPSA) is 103 Å². The maximum atomic E-state index is 11.0. The zero-order chi connectivity index (χ0) is 19.7. The predicted octanol–water partition coefficient (Wildman–Crippen LogP) is 3.64. The molecule has 1 amide bonds. The van der Waals surface area contributed by atoms with Gasteiger partial charge < -0.3 is 5.73 Å². The second kappa shape index (κ2) is 7.50. The summed E-state index contributed by atoms with van der Waals surface area (Å²) in [5, 5.41) is 19.1. The van der Waals surface area contributed by atoms with E-state index in [2.05, 4.69) is 48.1 Å². The predicted molar refractivity (Wildman–Crippen MR) is 110 cm³/mol. The summed E-state index contributed by atoms with van der Waals surface area (Å²) in [6, 6.07) is 9.05. The van der Waals surface area contributed by atoms with Crippen LogP contribution in [-0.4, -0.2) is 25.5 Å². The first kappa shape index (κ1) is 19.1. The highest BCUT2D eigenvalue weighted by Crippen LogP contribution is 2.25. The van der Waals surface area contributed by atoms with Crippen molar-refractivity contribution in [3.05, 3.63) is 56.7 Å². The molecule has 0 unspecified atom stereocenters. The van der Waals surface area contributed by atoms with Crippen LogP contribution in [0.5, 0.6) is 0 Å². The van der Waals surface area contributed by atoms with Crippen LogP contribution in [0.1, 0.15) is 15.9 Å². The lowest BCUT2D eigenvalue weighted by molar-refractivity contribution is 0.100. The minimum absolute atomic E-state index is 0.446. The smallest absolute Gasteiger partial charge is 0.248 e. The minimum atomic E-state index is -0.446. The van der Waals surface area contributed by atoms with E-state index in [1.807, 2.05) is 26.5 Å². The number of aryl methyl sites for hydroxylation is 2. The molecule has 0 aliphatic rings. The number of primary amides is 1. The number of hydrogen-bond acceptors (Lipinski definition) is 4. The van der Waals surface area contributed by atoms with E-state index in [9.17, 15) is 4.79 Å². The molecule has 0 radical (unpaired) electrons. The highest BCUT2D eigenvalue weighted by molar-refractivity contribution is 9.11. The van der Waals surface area contributed by atoms with Crippen LogP contribution >= 0.6 is 31.9 Å². The summed E-state index contributed by atoms with van der Waals surface area (Å²) in [5.41, 5.74) is 7.87. The van der Waals surface area contributed by atoms with Crippen molar-refractivity contribution >= 4 is 59.6 Å². The first-order valence-electron chi connectivity index (χ1n) is 7.74. The second-order valence-electron chi connectivity index (χ2n) is 5.86. The highest BCUT2D eigenvalue weighted by Gasteiger charge is 2.08. The summed E-state index contributed by atoms with van der Waals surface area (Å²) in [6.07, 6.45) is 3.80.